The number of nitrogens with one attached hydrogen (secondary N) is 3. The maximum Gasteiger partial charge on any atom is 0.404 e. The first kappa shape index (κ1) is 26.7. The standard InChI is InChI=1S/C23H20F4N6O4S/c1-36-22-11-28-21(10-29-22)30-20-9-18(31-32-20)15-4-7-17(33-38(34,35)13-23(25,26)27)19(8-15)37-12-14-2-5-16(24)6-3-14/h2-11,33H,12-13H2,1H3,(H2,28,30,31,32). The maximum atomic E-state index is 13.2. The van der Waals surface area contributed by atoms with E-state index in [1.807, 2.05) is 4.72 Å². The zero-order valence-electron chi connectivity index (χ0n) is 19.6. The summed E-state index contributed by atoms with van der Waals surface area (Å²) in [6, 6.07) is 11.1. The number of ether oxygens (including phenoxy) is 2. The van der Waals surface area contributed by atoms with Crippen molar-refractivity contribution in [2.45, 2.75) is 12.8 Å². The number of aromatic amines is 1. The number of halogens is 4. The molecule has 0 saturated carbocycles. The molecule has 0 unspecified atom stereocenters. The minimum atomic E-state index is -4.94. The van der Waals surface area contributed by atoms with E-state index in [-0.39, 0.29) is 18.0 Å². The number of nitrogens with zero attached hydrogens (tertiary/aromatic N) is 3. The molecule has 3 N–H and O–H groups in total. The molecule has 0 fully saturated rings. The molecule has 2 heterocycles. The fraction of sp³-hybridized carbons (Fsp3) is 0.174. The molecule has 10 nitrogen and oxygen atoms in total. The highest BCUT2D eigenvalue weighted by molar-refractivity contribution is 7.92. The summed E-state index contributed by atoms with van der Waals surface area (Å²) in [4.78, 5) is 8.16. The van der Waals surface area contributed by atoms with E-state index in [9.17, 15) is 26.0 Å². The highest BCUT2D eigenvalue weighted by Crippen LogP contribution is 2.33. The molecule has 0 spiro atoms. The molecule has 38 heavy (non-hydrogen) atoms. The van der Waals surface area contributed by atoms with Crippen molar-refractivity contribution in [3.8, 4) is 22.9 Å². The van der Waals surface area contributed by atoms with Crippen molar-refractivity contribution in [2.24, 2.45) is 0 Å². The maximum absolute atomic E-state index is 13.2. The molecule has 0 amide bonds. The Morgan fingerprint density at radius 2 is 1.76 bits per heavy atom. The summed E-state index contributed by atoms with van der Waals surface area (Å²) in [7, 11) is -3.31. The number of hydrogen-bond donors (Lipinski definition) is 3. The quantitative estimate of drug-likeness (QED) is 0.243. The number of alkyl halides is 3. The van der Waals surface area contributed by atoms with E-state index in [4.69, 9.17) is 9.47 Å². The van der Waals surface area contributed by atoms with Gasteiger partial charge >= 0.3 is 6.18 Å². The van der Waals surface area contributed by atoms with Gasteiger partial charge in [-0.15, -0.1) is 0 Å². The molecule has 0 aliphatic rings. The van der Waals surface area contributed by atoms with Crippen LogP contribution in [-0.4, -0.2) is 47.6 Å². The van der Waals surface area contributed by atoms with Crippen LogP contribution in [0, 0.1) is 5.82 Å². The Morgan fingerprint density at radius 1 is 1.00 bits per heavy atom. The third-order valence-electron chi connectivity index (χ3n) is 4.89. The minimum Gasteiger partial charge on any atom is -0.487 e. The zero-order valence-corrected chi connectivity index (χ0v) is 20.4. The van der Waals surface area contributed by atoms with Gasteiger partial charge in [0.2, 0.25) is 15.9 Å². The SMILES string of the molecule is COc1cnc(Nc2cc(-c3ccc(NS(=O)(=O)CC(F)(F)F)c(OCc4ccc(F)cc4)c3)[nH]n2)cn1. The van der Waals surface area contributed by atoms with Gasteiger partial charge in [0.1, 0.15) is 24.0 Å². The molecule has 4 rings (SSSR count). The number of benzene rings is 2. The molecule has 200 valence electrons. The Balaban J connectivity index is 1.59. The first-order chi connectivity index (χ1) is 18.0. The van der Waals surface area contributed by atoms with Crippen molar-refractivity contribution < 1.29 is 35.5 Å². The second-order valence-corrected chi connectivity index (χ2v) is 9.56. The molecule has 0 aliphatic carbocycles. The van der Waals surface area contributed by atoms with E-state index in [0.717, 1.165) is 0 Å². The molecule has 0 saturated heterocycles. The lowest BCUT2D eigenvalue weighted by Crippen LogP contribution is -2.28. The van der Waals surface area contributed by atoms with Gasteiger partial charge < -0.3 is 14.8 Å². The van der Waals surface area contributed by atoms with Gasteiger partial charge in [0.25, 0.3) is 0 Å². The highest BCUT2D eigenvalue weighted by Gasteiger charge is 2.35. The topological polar surface area (TPSA) is 131 Å². The van der Waals surface area contributed by atoms with Crippen LogP contribution in [0.2, 0.25) is 0 Å². The van der Waals surface area contributed by atoms with Crippen molar-refractivity contribution in [1.29, 1.82) is 0 Å². The third-order valence-corrected chi connectivity index (χ3v) is 6.13. The van der Waals surface area contributed by atoms with E-state index in [1.54, 1.807) is 6.07 Å². The predicted molar refractivity (Wildman–Crippen MR) is 130 cm³/mol. The number of rotatable bonds is 10. The molecule has 4 aromatic rings. The number of sulfonamides is 1. The van der Waals surface area contributed by atoms with Crippen LogP contribution in [0.25, 0.3) is 11.3 Å². The number of aromatic nitrogens is 4. The monoisotopic (exact) mass is 552 g/mol. The molecule has 0 bridgehead atoms. The Morgan fingerprint density at radius 3 is 2.42 bits per heavy atom. The molecular formula is C23H20F4N6O4S. The second-order valence-electron chi connectivity index (χ2n) is 7.84. The average molecular weight is 553 g/mol. The summed E-state index contributed by atoms with van der Waals surface area (Å²) in [6.07, 6.45) is -2.08. The van der Waals surface area contributed by atoms with Crippen LogP contribution in [0.15, 0.2) is 60.9 Å². The highest BCUT2D eigenvalue weighted by atomic mass is 32.2. The van der Waals surface area contributed by atoms with E-state index >= 15 is 0 Å². The number of H-pyrrole nitrogens is 1. The molecule has 15 heteroatoms. The van der Waals surface area contributed by atoms with E-state index in [0.29, 0.717) is 34.3 Å². The lowest BCUT2D eigenvalue weighted by Gasteiger charge is -2.16. The fourth-order valence-electron chi connectivity index (χ4n) is 3.21. The Hall–Kier alpha value is -4.40. The smallest absolute Gasteiger partial charge is 0.404 e. The summed E-state index contributed by atoms with van der Waals surface area (Å²) >= 11 is 0. The summed E-state index contributed by atoms with van der Waals surface area (Å²) < 4.78 is 88.1. The van der Waals surface area contributed by atoms with Crippen LogP contribution in [0.4, 0.5) is 34.9 Å². The average Bonchev–Trinajstić information content (AvgIpc) is 3.31. The zero-order chi connectivity index (χ0) is 27.3. The number of methoxy groups -OCH3 is 1. The molecule has 0 aliphatic heterocycles. The van der Waals surface area contributed by atoms with Crippen molar-refractivity contribution in [1.82, 2.24) is 20.2 Å². The molecule has 2 aromatic carbocycles. The Kier molecular flexibility index (Phi) is 7.66. The van der Waals surface area contributed by atoms with Gasteiger partial charge in [0.15, 0.2) is 11.6 Å². The van der Waals surface area contributed by atoms with Crippen molar-refractivity contribution >= 4 is 27.3 Å². The Labute approximate surface area is 214 Å². The van der Waals surface area contributed by atoms with Crippen LogP contribution in [-0.2, 0) is 16.6 Å². The Bertz CT molecular complexity index is 1490. The van der Waals surface area contributed by atoms with Gasteiger partial charge in [0.05, 0.1) is 30.9 Å². The lowest BCUT2D eigenvalue weighted by molar-refractivity contribution is -0.106. The van der Waals surface area contributed by atoms with Crippen LogP contribution < -0.4 is 19.5 Å². The largest absolute Gasteiger partial charge is 0.487 e. The van der Waals surface area contributed by atoms with Gasteiger partial charge in [-0.25, -0.2) is 22.8 Å². The van der Waals surface area contributed by atoms with Gasteiger partial charge in [-0.05, 0) is 29.8 Å². The van der Waals surface area contributed by atoms with Crippen LogP contribution in [0.3, 0.4) is 0 Å². The van der Waals surface area contributed by atoms with E-state index in [1.165, 1.54) is 62.0 Å². The van der Waals surface area contributed by atoms with Crippen molar-refractivity contribution in [3.63, 3.8) is 0 Å². The number of hydrogen-bond acceptors (Lipinski definition) is 8. The molecule has 0 atom stereocenters. The fourth-order valence-corrected chi connectivity index (χ4v) is 4.21. The van der Waals surface area contributed by atoms with Gasteiger partial charge in [-0.1, -0.05) is 18.2 Å². The lowest BCUT2D eigenvalue weighted by atomic mass is 10.1. The third kappa shape index (κ3) is 7.32. The van der Waals surface area contributed by atoms with Crippen LogP contribution in [0.5, 0.6) is 11.6 Å². The van der Waals surface area contributed by atoms with Gasteiger partial charge in [-0.3, -0.25) is 9.82 Å². The van der Waals surface area contributed by atoms with Crippen molar-refractivity contribution in [3.05, 3.63) is 72.3 Å². The molecule has 2 aromatic heterocycles. The second kappa shape index (κ2) is 10.9. The number of anilines is 3. The summed E-state index contributed by atoms with van der Waals surface area (Å²) in [6.45, 7) is -0.107. The molecular weight excluding hydrogens is 532 g/mol. The summed E-state index contributed by atoms with van der Waals surface area (Å²) in [5, 5.41) is 9.88. The van der Waals surface area contributed by atoms with E-state index < -0.39 is 27.8 Å². The first-order valence-corrected chi connectivity index (χ1v) is 12.4. The van der Waals surface area contributed by atoms with Crippen LogP contribution in [0.1, 0.15) is 5.56 Å². The summed E-state index contributed by atoms with van der Waals surface area (Å²) in [5.41, 5.74) is 1.31. The van der Waals surface area contributed by atoms with E-state index in [2.05, 4.69) is 25.5 Å². The molecule has 0 radical (unpaired) electrons. The predicted octanol–water partition coefficient (Wildman–Crippen LogP) is 4.64. The normalized spacial score (nSPS) is 11.7. The minimum absolute atomic E-state index is 0.0531. The van der Waals surface area contributed by atoms with Crippen molar-refractivity contribution in [2.75, 3.05) is 22.9 Å². The van der Waals surface area contributed by atoms with Gasteiger partial charge in [-0.2, -0.15) is 18.3 Å². The van der Waals surface area contributed by atoms with Crippen LogP contribution >= 0.6 is 0 Å². The summed E-state index contributed by atoms with van der Waals surface area (Å²) in [5.74, 6) is -1.48. The van der Waals surface area contributed by atoms with Gasteiger partial charge in [0, 0.05) is 11.6 Å². The first-order valence-electron chi connectivity index (χ1n) is 10.8.